The molecular weight excluding hydrogens is 401 g/mol. The molecule has 152 valence electrons. The van der Waals surface area contributed by atoms with Crippen molar-refractivity contribution in [1.29, 1.82) is 0 Å². The van der Waals surface area contributed by atoms with Crippen LogP contribution in [0, 0.1) is 29.1 Å². The summed E-state index contributed by atoms with van der Waals surface area (Å²) in [5, 5.41) is -1.25. The Morgan fingerprint density at radius 2 is 1.52 bits per heavy atom. The van der Waals surface area contributed by atoms with Gasteiger partial charge in [-0.25, -0.2) is 22.0 Å². The molecule has 0 atom stereocenters. The molecule has 0 aromatic heterocycles. The molecule has 3 aromatic rings. The number of fused-ring (bicyclic) bond motifs is 1. The van der Waals surface area contributed by atoms with Crippen LogP contribution in [0.1, 0.15) is 12.0 Å². The molecule has 0 spiro atoms. The minimum Gasteiger partial charge on any atom is -0.429 e. The molecule has 3 rings (SSSR count). The molecule has 0 heterocycles. The normalized spacial score (nSPS) is 11.3. The van der Waals surface area contributed by atoms with Crippen molar-refractivity contribution in [2.24, 2.45) is 0 Å². The number of alkyl halides is 2. The second-order valence-electron chi connectivity index (χ2n) is 6.20. The summed E-state index contributed by atoms with van der Waals surface area (Å²) >= 11 is 0. The van der Waals surface area contributed by atoms with Gasteiger partial charge >= 0.3 is 6.61 Å². The maximum atomic E-state index is 14.5. The van der Waals surface area contributed by atoms with Crippen molar-refractivity contribution < 1.29 is 35.5 Å². The molecule has 8 heteroatoms. The van der Waals surface area contributed by atoms with E-state index in [1.807, 2.05) is 0 Å². The third-order valence-electron chi connectivity index (χ3n) is 4.27. The Hall–Kier alpha value is -3.03. The van der Waals surface area contributed by atoms with Crippen LogP contribution in [-0.4, -0.2) is 6.61 Å². The Morgan fingerprint density at radius 3 is 2.10 bits per heavy atom. The first-order valence-corrected chi connectivity index (χ1v) is 8.38. The van der Waals surface area contributed by atoms with Gasteiger partial charge in [0.1, 0.15) is 17.5 Å². The Kier molecular flexibility index (Phi) is 5.81. The van der Waals surface area contributed by atoms with Gasteiger partial charge < -0.3 is 4.74 Å². The Bertz CT molecular complexity index is 1070. The summed E-state index contributed by atoms with van der Waals surface area (Å²) in [5.41, 5.74) is -0.528. The van der Waals surface area contributed by atoms with Gasteiger partial charge in [-0.1, -0.05) is 6.08 Å². The molecule has 29 heavy (non-hydrogen) atoms. The van der Waals surface area contributed by atoms with E-state index in [-0.39, 0.29) is 5.56 Å². The van der Waals surface area contributed by atoms with Crippen LogP contribution in [-0.2, 0) is 6.42 Å². The van der Waals surface area contributed by atoms with Gasteiger partial charge in [0, 0.05) is 0 Å². The third kappa shape index (κ3) is 4.06. The van der Waals surface area contributed by atoms with E-state index in [9.17, 15) is 30.7 Å². The van der Waals surface area contributed by atoms with Gasteiger partial charge in [-0.2, -0.15) is 8.78 Å². The topological polar surface area (TPSA) is 9.23 Å². The molecule has 0 saturated carbocycles. The van der Waals surface area contributed by atoms with E-state index in [0.29, 0.717) is 30.5 Å². The zero-order chi connectivity index (χ0) is 21.3. The number of benzene rings is 3. The van der Waals surface area contributed by atoms with E-state index in [2.05, 4.69) is 11.3 Å². The first-order chi connectivity index (χ1) is 13.7. The van der Waals surface area contributed by atoms with Crippen molar-refractivity contribution in [3.63, 3.8) is 0 Å². The standard InChI is InChI=1S/C21H13F7O/c1-2-3-4-10-5-13(22)17(14(23)6-10)11-7-12-9-16(25)20(29-21(27)28)19(26)18(12)15(24)8-11/h2,5-9,21H,1,3-4H2. The highest BCUT2D eigenvalue weighted by Crippen LogP contribution is 2.36. The van der Waals surface area contributed by atoms with Crippen LogP contribution < -0.4 is 4.74 Å². The predicted octanol–water partition coefficient (Wildman–Crippen LogP) is 6.92. The van der Waals surface area contributed by atoms with Crippen LogP contribution in [0.4, 0.5) is 30.7 Å². The number of hydrogen-bond donors (Lipinski definition) is 0. The van der Waals surface area contributed by atoms with Crippen molar-refractivity contribution in [2.45, 2.75) is 19.5 Å². The van der Waals surface area contributed by atoms with Crippen LogP contribution in [0.5, 0.6) is 5.75 Å². The highest BCUT2D eigenvalue weighted by atomic mass is 19.3. The van der Waals surface area contributed by atoms with Crippen LogP contribution in [0.25, 0.3) is 21.9 Å². The average molecular weight is 414 g/mol. The SMILES string of the molecule is C=CCCc1cc(F)c(-c2cc(F)c3c(F)c(OC(F)F)c(F)cc3c2)c(F)c1. The van der Waals surface area contributed by atoms with Gasteiger partial charge in [-0.05, 0) is 59.7 Å². The van der Waals surface area contributed by atoms with Gasteiger partial charge in [0.25, 0.3) is 0 Å². The van der Waals surface area contributed by atoms with Crippen LogP contribution in [0.3, 0.4) is 0 Å². The number of ether oxygens (including phenoxy) is 1. The second-order valence-corrected chi connectivity index (χ2v) is 6.20. The first-order valence-electron chi connectivity index (χ1n) is 8.38. The zero-order valence-electron chi connectivity index (χ0n) is 14.7. The maximum absolute atomic E-state index is 14.5. The zero-order valence-corrected chi connectivity index (χ0v) is 14.7. The van der Waals surface area contributed by atoms with Crippen LogP contribution in [0.2, 0.25) is 0 Å². The van der Waals surface area contributed by atoms with Gasteiger partial charge in [-0.3, -0.25) is 0 Å². The lowest BCUT2D eigenvalue weighted by Crippen LogP contribution is -2.06. The smallest absolute Gasteiger partial charge is 0.387 e. The van der Waals surface area contributed by atoms with E-state index >= 15 is 0 Å². The van der Waals surface area contributed by atoms with Gasteiger partial charge in [-0.15, -0.1) is 6.58 Å². The number of halogens is 7. The van der Waals surface area contributed by atoms with Crippen molar-refractivity contribution in [3.8, 4) is 16.9 Å². The summed E-state index contributed by atoms with van der Waals surface area (Å²) in [6.45, 7) is -0.00678. The van der Waals surface area contributed by atoms with E-state index in [0.717, 1.165) is 18.2 Å². The predicted molar refractivity (Wildman–Crippen MR) is 94.3 cm³/mol. The minimum absolute atomic E-state index is 0.304. The second kappa shape index (κ2) is 8.14. The molecule has 0 radical (unpaired) electrons. The summed E-state index contributed by atoms with van der Waals surface area (Å²) in [6.07, 6.45) is 2.41. The number of hydrogen-bond acceptors (Lipinski definition) is 1. The summed E-state index contributed by atoms with van der Waals surface area (Å²) in [7, 11) is 0. The van der Waals surface area contributed by atoms with Gasteiger partial charge in [0.05, 0.1) is 10.9 Å². The number of rotatable bonds is 6. The molecule has 0 bridgehead atoms. The van der Waals surface area contributed by atoms with E-state index < -0.39 is 57.8 Å². The quantitative estimate of drug-likeness (QED) is 0.314. The molecule has 0 aliphatic rings. The molecule has 0 aliphatic heterocycles. The monoisotopic (exact) mass is 414 g/mol. The third-order valence-corrected chi connectivity index (χ3v) is 4.27. The van der Waals surface area contributed by atoms with Crippen LogP contribution in [0.15, 0.2) is 43.0 Å². The van der Waals surface area contributed by atoms with Gasteiger partial charge in [0.2, 0.25) is 0 Å². The molecule has 0 saturated heterocycles. The highest BCUT2D eigenvalue weighted by molar-refractivity contribution is 5.90. The Labute approximate surface area is 161 Å². The largest absolute Gasteiger partial charge is 0.429 e. The lowest BCUT2D eigenvalue weighted by Gasteiger charge is -2.13. The molecule has 1 nitrogen and oxygen atoms in total. The highest BCUT2D eigenvalue weighted by Gasteiger charge is 2.23. The van der Waals surface area contributed by atoms with E-state index in [4.69, 9.17) is 0 Å². The molecule has 0 aliphatic carbocycles. The van der Waals surface area contributed by atoms with Gasteiger partial charge in [0.15, 0.2) is 17.4 Å². The molecule has 0 unspecified atom stereocenters. The lowest BCUT2D eigenvalue weighted by molar-refractivity contribution is -0.0544. The van der Waals surface area contributed by atoms with Crippen molar-refractivity contribution in [1.82, 2.24) is 0 Å². The Morgan fingerprint density at radius 1 is 0.862 bits per heavy atom. The maximum Gasteiger partial charge on any atom is 0.387 e. The minimum atomic E-state index is -3.53. The Balaban J connectivity index is 2.17. The van der Waals surface area contributed by atoms with E-state index in [1.165, 1.54) is 0 Å². The molecule has 0 N–H and O–H groups in total. The fraction of sp³-hybridized carbons (Fsp3) is 0.143. The first kappa shape index (κ1) is 20.7. The summed E-state index contributed by atoms with van der Waals surface area (Å²) < 4.78 is 100. The molecule has 0 amide bonds. The summed E-state index contributed by atoms with van der Waals surface area (Å²) in [5.74, 6) is -7.91. The molecule has 0 fully saturated rings. The molecule has 3 aromatic carbocycles. The fourth-order valence-electron chi connectivity index (χ4n) is 3.05. The lowest BCUT2D eigenvalue weighted by atomic mass is 9.97. The average Bonchev–Trinajstić information content (AvgIpc) is 2.62. The van der Waals surface area contributed by atoms with Crippen LogP contribution >= 0.6 is 0 Å². The molecular formula is C21H13F7O. The number of aryl methyl sites for hydroxylation is 1. The van der Waals surface area contributed by atoms with Crippen molar-refractivity contribution in [3.05, 3.63) is 77.6 Å². The number of allylic oxidation sites excluding steroid dienone is 1. The van der Waals surface area contributed by atoms with Crippen molar-refractivity contribution in [2.75, 3.05) is 0 Å². The fourth-order valence-corrected chi connectivity index (χ4v) is 3.05. The van der Waals surface area contributed by atoms with Crippen molar-refractivity contribution >= 4 is 10.8 Å². The van der Waals surface area contributed by atoms with E-state index in [1.54, 1.807) is 6.08 Å². The summed E-state index contributed by atoms with van der Waals surface area (Å²) in [6, 6.07) is 4.30. The summed E-state index contributed by atoms with van der Waals surface area (Å²) in [4.78, 5) is 0.